The largest absolute Gasteiger partial charge is 0.496 e. The summed E-state index contributed by atoms with van der Waals surface area (Å²) in [4.78, 5) is 0. The SMILES string of the molecule is CCc1cc(C(N)CO)cc(C(C)C)c1OC. The Morgan fingerprint density at radius 1 is 1.35 bits per heavy atom. The van der Waals surface area contributed by atoms with Gasteiger partial charge in [-0.3, -0.25) is 0 Å². The number of hydrogen-bond acceptors (Lipinski definition) is 3. The molecule has 1 aromatic carbocycles. The lowest BCUT2D eigenvalue weighted by molar-refractivity contribution is 0.267. The summed E-state index contributed by atoms with van der Waals surface area (Å²) in [6.45, 7) is 6.32. The van der Waals surface area contributed by atoms with Gasteiger partial charge < -0.3 is 15.6 Å². The molecule has 1 atom stereocenters. The van der Waals surface area contributed by atoms with Gasteiger partial charge in [-0.1, -0.05) is 32.9 Å². The lowest BCUT2D eigenvalue weighted by atomic mass is 9.93. The van der Waals surface area contributed by atoms with Crippen molar-refractivity contribution < 1.29 is 9.84 Å². The van der Waals surface area contributed by atoms with E-state index in [2.05, 4.69) is 20.8 Å². The van der Waals surface area contributed by atoms with Crippen LogP contribution >= 0.6 is 0 Å². The highest BCUT2D eigenvalue weighted by molar-refractivity contribution is 5.47. The molecule has 3 heteroatoms. The van der Waals surface area contributed by atoms with E-state index in [1.54, 1.807) is 7.11 Å². The molecule has 3 N–H and O–H groups in total. The molecule has 0 aliphatic heterocycles. The number of ether oxygens (including phenoxy) is 1. The Morgan fingerprint density at radius 3 is 2.41 bits per heavy atom. The van der Waals surface area contributed by atoms with Crippen LogP contribution in [0.15, 0.2) is 12.1 Å². The van der Waals surface area contributed by atoms with E-state index in [-0.39, 0.29) is 12.6 Å². The number of nitrogens with two attached hydrogens (primary N) is 1. The van der Waals surface area contributed by atoms with Gasteiger partial charge in [-0.15, -0.1) is 0 Å². The molecule has 0 saturated carbocycles. The molecule has 0 heterocycles. The van der Waals surface area contributed by atoms with Gasteiger partial charge in [0.05, 0.1) is 19.8 Å². The molecular weight excluding hydrogens is 214 g/mol. The van der Waals surface area contributed by atoms with Crippen molar-refractivity contribution in [1.29, 1.82) is 0 Å². The zero-order valence-electron chi connectivity index (χ0n) is 11.2. The predicted molar refractivity (Wildman–Crippen MR) is 70.5 cm³/mol. The molecule has 1 aromatic rings. The van der Waals surface area contributed by atoms with Crippen LogP contribution in [-0.2, 0) is 6.42 Å². The topological polar surface area (TPSA) is 55.5 Å². The first-order valence-corrected chi connectivity index (χ1v) is 6.12. The summed E-state index contributed by atoms with van der Waals surface area (Å²) in [7, 11) is 1.70. The third-order valence-corrected chi connectivity index (χ3v) is 3.05. The second kappa shape index (κ2) is 6.03. The molecule has 0 amide bonds. The van der Waals surface area contributed by atoms with Crippen molar-refractivity contribution >= 4 is 0 Å². The smallest absolute Gasteiger partial charge is 0.125 e. The minimum absolute atomic E-state index is 0.0347. The van der Waals surface area contributed by atoms with Gasteiger partial charge >= 0.3 is 0 Å². The first-order valence-electron chi connectivity index (χ1n) is 6.12. The molecule has 0 fully saturated rings. The fraction of sp³-hybridized carbons (Fsp3) is 0.571. The van der Waals surface area contributed by atoms with Gasteiger partial charge in [-0.2, -0.15) is 0 Å². The number of hydrogen-bond donors (Lipinski definition) is 2. The monoisotopic (exact) mass is 237 g/mol. The third kappa shape index (κ3) is 2.99. The van der Waals surface area contributed by atoms with Crippen LogP contribution in [0.3, 0.4) is 0 Å². The second-order valence-corrected chi connectivity index (χ2v) is 4.60. The molecule has 0 aromatic heterocycles. The molecular formula is C14H23NO2. The Labute approximate surface area is 104 Å². The lowest BCUT2D eigenvalue weighted by Gasteiger charge is -2.19. The van der Waals surface area contributed by atoms with E-state index in [0.29, 0.717) is 5.92 Å². The van der Waals surface area contributed by atoms with Crippen molar-refractivity contribution in [1.82, 2.24) is 0 Å². The Morgan fingerprint density at radius 2 is 2.00 bits per heavy atom. The average molecular weight is 237 g/mol. The highest BCUT2D eigenvalue weighted by Crippen LogP contribution is 2.33. The number of benzene rings is 1. The number of aliphatic hydroxyl groups is 1. The Hall–Kier alpha value is -1.06. The van der Waals surface area contributed by atoms with E-state index in [1.165, 1.54) is 0 Å². The maximum Gasteiger partial charge on any atom is 0.125 e. The highest BCUT2D eigenvalue weighted by atomic mass is 16.5. The van der Waals surface area contributed by atoms with Crippen molar-refractivity contribution in [3.63, 3.8) is 0 Å². The van der Waals surface area contributed by atoms with Gasteiger partial charge in [-0.05, 0) is 29.0 Å². The number of methoxy groups -OCH3 is 1. The van der Waals surface area contributed by atoms with Crippen LogP contribution < -0.4 is 10.5 Å². The van der Waals surface area contributed by atoms with Crippen LogP contribution in [-0.4, -0.2) is 18.8 Å². The van der Waals surface area contributed by atoms with Gasteiger partial charge in [0.1, 0.15) is 5.75 Å². The molecule has 1 unspecified atom stereocenters. The van der Waals surface area contributed by atoms with Gasteiger partial charge in [0.2, 0.25) is 0 Å². The molecule has 0 spiro atoms. The first-order chi connectivity index (χ1) is 8.04. The summed E-state index contributed by atoms with van der Waals surface area (Å²) >= 11 is 0. The summed E-state index contributed by atoms with van der Waals surface area (Å²) in [5.74, 6) is 1.33. The molecule has 1 rings (SSSR count). The fourth-order valence-corrected chi connectivity index (χ4v) is 2.00. The van der Waals surface area contributed by atoms with E-state index >= 15 is 0 Å². The van der Waals surface area contributed by atoms with Crippen molar-refractivity contribution in [2.24, 2.45) is 5.73 Å². The Bertz CT molecular complexity index is 375. The Kier molecular flexibility index (Phi) is 4.97. The van der Waals surface area contributed by atoms with E-state index in [9.17, 15) is 0 Å². The second-order valence-electron chi connectivity index (χ2n) is 4.60. The highest BCUT2D eigenvalue weighted by Gasteiger charge is 2.15. The van der Waals surface area contributed by atoms with Crippen molar-refractivity contribution in [3.8, 4) is 5.75 Å². The van der Waals surface area contributed by atoms with Crippen LogP contribution in [0, 0.1) is 0 Å². The van der Waals surface area contributed by atoms with E-state index in [0.717, 1.165) is 28.9 Å². The van der Waals surface area contributed by atoms with Crippen LogP contribution in [0.4, 0.5) is 0 Å². The summed E-state index contributed by atoms with van der Waals surface area (Å²) in [6, 6.07) is 3.76. The van der Waals surface area contributed by atoms with Gasteiger partial charge in [0.15, 0.2) is 0 Å². The van der Waals surface area contributed by atoms with Crippen LogP contribution in [0.1, 0.15) is 49.4 Å². The molecule has 96 valence electrons. The summed E-state index contributed by atoms with van der Waals surface area (Å²) < 4.78 is 5.49. The van der Waals surface area contributed by atoms with E-state index in [1.807, 2.05) is 12.1 Å². The minimum atomic E-state index is -0.316. The molecule has 3 nitrogen and oxygen atoms in total. The molecule has 17 heavy (non-hydrogen) atoms. The summed E-state index contributed by atoms with van der Waals surface area (Å²) in [6.07, 6.45) is 0.898. The first kappa shape index (κ1) is 14.0. The van der Waals surface area contributed by atoms with Crippen LogP contribution in [0.5, 0.6) is 5.75 Å². The maximum absolute atomic E-state index is 9.15. The standard InChI is InChI=1S/C14H23NO2/c1-5-10-6-11(13(15)8-16)7-12(9(2)3)14(10)17-4/h6-7,9,13,16H,5,8,15H2,1-4H3. The molecule has 0 aliphatic carbocycles. The van der Waals surface area contributed by atoms with Crippen molar-refractivity contribution in [2.45, 2.75) is 39.2 Å². The normalized spacial score (nSPS) is 12.9. The third-order valence-electron chi connectivity index (χ3n) is 3.05. The molecule has 0 bridgehead atoms. The number of aryl methyl sites for hydroxylation is 1. The Balaban J connectivity index is 3.34. The average Bonchev–Trinajstić information content (AvgIpc) is 2.35. The van der Waals surface area contributed by atoms with Crippen LogP contribution in [0.2, 0.25) is 0 Å². The van der Waals surface area contributed by atoms with Crippen molar-refractivity contribution in [3.05, 3.63) is 28.8 Å². The molecule has 0 aliphatic rings. The zero-order chi connectivity index (χ0) is 13.0. The zero-order valence-corrected chi connectivity index (χ0v) is 11.2. The van der Waals surface area contributed by atoms with Gasteiger partial charge in [0.25, 0.3) is 0 Å². The molecule has 0 radical (unpaired) electrons. The molecule has 0 saturated heterocycles. The lowest BCUT2D eigenvalue weighted by Crippen LogP contribution is -2.15. The van der Waals surface area contributed by atoms with Crippen molar-refractivity contribution in [2.75, 3.05) is 13.7 Å². The summed E-state index contributed by atoms with van der Waals surface area (Å²) in [5, 5.41) is 9.15. The van der Waals surface area contributed by atoms with E-state index in [4.69, 9.17) is 15.6 Å². The van der Waals surface area contributed by atoms with Gasteiger partial charge in [-0.25, -0.2) is 0 Å². The quantitative estimate of drug-likeness (QED) is 0.826. The number of aliphatic hydroxyl groups excluding tert-OH is 1. The maximum atomic E-state index is 9.15. The predicted octanol–water partition coefficient (Wildman–Crippen LogP) is 2.37. The van der Waals surface area contributed by atoms with Gasteiger partial charge in [0, 0.05) is 0 Å². The fourth-order valence-electron chi connectivity index (χ4n) is 2.00. The minimum Gasteiger partial charge on any atom is -0.496 e. The van der Waals surface area contributed by atoms with E-state index < -0.39 is 0 Å². The van der Waals surface area contributed by atoms with Crippen LogP contribution in [0.25, 0.3) is 0 Å². The number of rotatable bonds is 5. The summed E-state index contributed by atoms with van der Waals surface area (Å²) in [5.41, 5.74) is 9.18.